The molecule has 0 fully saturated rings. The van der Waals surface area contributed by atoms with Gasteiger partial charge in [0.1, 0.15) is 6.04 Å². The molecule has 0 bridgehead atoms. The number of hydrogen-bond donors (Lipinski definition) is 2. The minimum Gasteiger partial charge on any atom is -0.383 e. The van der Waals surface area contributed by atoms with Gasteiger partial charge in [-0.3, -0.25) is 4.79 Å². The molecule has 2 atom stereocenters. The number of fused-ring (bicyclic) bond motifs is 1. The molecule has 0 spiro atoms. The highest BCUT2D eigenvalue weighted by Crippen LogP contribution is 2.32. The van der Waals surface area contributed by atoms with Crippen LogP contribution in [0.4, 0.5) is 0 Å². The van der Waals surface area contributed by atoms with Crippen molar-refractivity contribution in [3.05, 3.63) is 33.8 Å². The van der Waals surface area contributed by atoms with Crippen molar-refractivity contribution in [3.8, 4) is 0 Å². The number of halogens is 2. The molecule has 1 aliphatic carbocycles. The Bertz CT molecular complexity index is 456. The Hall–Kier alpha value is -0.620. The summed E-state index contributed by atoms with van der Waals surface area (Å²) in [6.07, 6.45) is 1.91. The Labute approximate surface area is 127 Å². The number of carbonyl (C=O) groups excluding carboxylic acids is 1. The predicted molar refractivity (Wildman–Crippen MR) is 80.4 cm³/mol. The van der Waals surface area contributed by atoms with Gasteiger partial charge in [0, 0.05) is 11.6 Å². The zero-order valence-corrected chi connectivity index (χ0v) is 13.1. The van der Waals surface area contributed by atoms with Crippen molar-refractivity contribution in [2.24, 2.45) is 5.73 Å². The van der Waals surface area contributed by atoms with Crippen molar-refractivity contribution in [3.63, 3.8) is 0 Å². The Morgan fingerprint density at radius 3 is 3.05 bits per heavy atom. The zero-order valence-electron chi connectivity index (χ0n) is 10.7. The molecule has 2 rings (SSSR count). The summed E-state index contributed by atoms with van der Waals surface area (Å²) in [6.45, 7) is 0.242. The van der Waals surface area contributed by atoms with E-state index in [1.165, 1.54) is 18.2 Å². The second kappa shape index (κ2) is 7.24. The molecule has 0 aromatic heterocycles. The van der Waals surface area contributed by atoms with Gasteiger partial charge in [-0.25, -0.2) is 0 Å². The van der Waals surface area contributed by atoms with Crippen LogP contribution in [0.3, 0.4) is 0 Å². The summed E-state index contributed by atoms with van der Waals surface area (Å²) in [6, 6.07) is 5.63. The van der Waals surface area contributed by atoms with Crippen molar-refractivity contribution < 1.29 is 9.53 Å². The van der Waals surface area contributed by atoms with Crippen LogP contribution in [-0.4, -0.2) is 25.7 Å². The highest BCUT2D eigenvalue weighted by molar-refractivity contribution is 9.10. The van der Waals surface area contributed by atoms with E-state index in [1.54, 1.807) is 0 Å². The number of nitrogens with one attached hydrogen (secondary N) is 1. The summed E-state index contributed by atoms with van der Waals surface area (Å²) >= 11 is 3.46. The lowest BCUT2D eigenvalue weighted by Crippen LogP contribution is -2.44. The van der Waals surface area contributed by atoms with E-state index in [1.807, 2.05) is 6.07 Å². The first kappa shape index (κ1) is 16.4. The smallest absolute Gasteiger partial charge is 0.239 e. The number of hydrogen-bond acceptors (Lipinski definition) is 3. The number of methoxy groups -OCH3 is 1. The molecule has 1 amide bonds. The molecule has 1 aromatic rings. The normalized spacial score (nSPS) is 18.4. The SMILES string of the molecule is COCC(N)C(=O)NC1CCc2cc(Br)ccc21.Cl. The fourth-order valence-electron chi connectivity index (χ4n) is 2.27. The summed E-state index contributed by atoms with van der Waals surface area (Å²) in [4.78, 5) is 11.8. The van der Waals surface area contributed by atoms with Crippen LogP contribution in [0.1, 0.15) is 23.6 Å². The van der Waals surface area contributed by atoms with E-state index in [-0.39, 0.29) is 31.0 Å². The highest BCUT2D eigenvalue weighted by atomic mass is 79.9. The molecule has 0 heterocycles. The third-order valence-corrected chi connectivity index (χ3v) is 3.68. The molecule has 6 heteroatoms. The number of rotatable bonds is 4. The van der Waals surface area contributed by atoms with Gasteiger partial charge in [-0.2, -0.15) is 0 Å². The number of aryl methyl sites for hydroxylation is 1. The number of ether oxygens (including phenoxy) is 1. The van der Waals surface area contributed by atoms with Gasteiger partial charge in [-0.1, -0.05) is 22.0 Å². The van der Waals surface area contributed by atoms with Crippen LogP contribution >= 0.6 is 28.3 Å². The maximum Gasteiger partial charge on any atom is 0.239 e. The van der Waals surface area contributed by atoms with Crippen LogP contribution in [0, 0.1) is 0 Å². The van der Waals surface area contributed by atoms with Crippen LogP contribution in [0.15, 0.2) is 22.7 Å². The summed E-state index contributed by atoms with van der Waals surface area (Å²) in [5.74, 6) is -0.155. The molecule has 106 valence electrons. The van der Waals surface area contributed by atoms with E-state index in [0.717, 1.165) is 17.3 Å². The molecule has 1 aromatic carbocycles. The standard InChI is InChI=1S/C13H17BrN2O2.ClH/c1-18-7-11(15)13(17)16-12-5-2-8-6-9(14)3-4-10(8)12;/h3-4,6,11-12H,2,5,7,15H2,1H3,(H,16,17);1H. The maximum atomic E-state index is 11.8. The first-order chi connectivity index (χ1) is 8.61. The molecule has 4 nitrogen and oxygen atoms in total. The summed E-state index contributed by atoms with van der Waals surface area (Å²) in [5, 5.41) is 2.98. The van der Waals surface area contributed by atoms with E-state index >= 15 is 0 Å². The average Bonchev–Trinajstić information content (AvgIpc) is 2.72. The topological polar surface area (TPSA) is 64.3 Å². The van der Waals surface area contributed by atoms with E-state index < -0.39 is 6.04 Å². The van der Waals surface area contributed by atoms with Crippen LogP contribution in [0.25, 0.3) is 0 Å². The van der Waals surface area contributed by atoms with E-state index in [4.69, 9.17) is 10.5 Å². The number of carbonyl (C=O) groups is 1. The van der Waals surface area contributed by atoms with Crippen molar-refractivity contribution in [2.45, 2.75) is 24.9 Å². The Morgan fingerprint density at radius 2 is 2.37 bits per heavy atom. The van der Waals surface area contributed by atoms with E-state index in [2.05, 4.69) is 33.4 Å². The monoisotopic (exact) mass is 348 g/mol. The highest BCUT2D eigenvalue weighted by Gasteiger charge is 2.25. The van der Waals surface area contributed by atoms with Gasteiger partial charge < -0.3 is 15.8 Å². The van der Waals surface area contributed by atoms with E-state index in [9.17, 15) is 4.79 Å². The number of benzene rings is 1. The summed E-state index contributed by atoms with van der Waals surface area (Å²) < 4.78 is 5.96. The minimum atomic E-state index is -0.602. The van der Waals surface area contributed by atoms with Crippen molar-refractivity contribution in [2.75, 3.05) is 13.7 Å². The Morgan fingerprint density at radius 1 is 1.63 bits per heavy atom. The first-order valence-electron chi connectivity index (χ1n) is 5.95. The first-order valence-corrected chi connectivity index (χ1v) is 6.74. The fourth-order valence-corrected chi connectivity index (χ4v) is 2.68. The van der Waals surface area contributed by atoms with Crippen molar-refractivity contribution in [1.82, 2.24) is 5.32 Å². The van der Waals surface area contributed by atoms with Gasteiger partial charge in [0.25, 0.3) is 0 Å². The molecular weight excluding hydrogens is 332 g/mol. The average molecular weight is 350 g/mol. The lowest BCUT2D eigenvalue weighted by Gasteiger charge is -2.17. The maximum absolute atomic E-state index is 11.8. The quantitative estimate of drug-likeness (QED) is 0.873. The third-order valence-electron chi connectivity index (χ3n) is 3.18. The van der Waals surface area contributed by atoms with Gasteiger partial charge in [-0.15, -0.1) is 12.4 Å². The van der Waals surface area contributed by atoms with Crippen LogP contribution in [0.5, 0.6) is 0 Å². The van der Waals surface area contributed by atoms with Gasteiger partial charge in [0.2, 0.25) is 5.91 Å². The van der Waals surface area contributed by atoms with Gasteiger partial charge in [0.05, 0.1) is 12.6 Å². The molecular formula is C13H18BrClN2O2. The molecule has 2 unspecified atom stereocenters. The number of nitrogens with two attached hydrogens (primary N) is 1. The second-order valence-corrected chi connectivity index (χ2v) is 5.42. The van der Waals surface area contributed by atoms with Crippen LogP contribution in [0.2, 0.25) is 0 Å². The third kappa shape index (κ3) is 3.92. The summed E-state index contributed by atoms with van der Waals surface area (Å²) in [5.41, 5.74) is 8.18. The molecule has 3 N–H and O–H groups in total. The Balaban J connectivity index is 0.00000180. The lowest BCUT2D eigenvalue weighted by atomic mass is 10.1. The van der Waals surface area contributed by atoms with E-state index in [0.29, 0.717) is 0 Å². The van der Waals surface area contributed by atoms with Gasteiger partial charge >= 0.3 is 0 Å². The van der Waals surface area contributed by atoms with Gasteiger partial charge in [-0.05, 0) is 36.1 Å². The predicted octanol–water partition coefficient (Wildman–Crippen LogP) is 1.95. The summed E-state index contributed by atoms with van der Waals surface area (Å²) in [7, 11) is 1.54. The van der Waals surface area contributed by atoms with Crippen molar-refractivity contribution >= 4 is 34.2 Å². The van der Waals surface area contributed by atoms with Crippen LogP contribution < -0.4 is 11.1 Å². The van der Waals surface area contributed by atoms with Crippen molar-refractivity contribution in [1.29, 1.82) is 0 Å². The largest absolute Gasteiger partial charge is 0.383 e. The molecule has 0 saturated heterocycles. The van der Waals surface area contributed by atoms with Gasteiger partial charge in [0.15, 0.2) is 0 Å². The Kier molecular flexibility index (Phi) is 6.26. The molecule has 0 saturated carbocycles. The molecule has 19 heavy (non-hydrogen) atoms. The fraction of sp³-hybridized carbons (Fsp3) is 0.462. The molecule has 0 aliphatic heterocycles. The second-order valence-electron chi connectivity index (χ2n) is 4.50. The minimum absolute atomic E-state index is 0. The lowest BCUT2D eigenvalue weighted by molar-refractivity contribution is -0.124. The molecule has 1 aliphatic rings. The number of amides is 1. The van der Waals surface area contributed by atoms with Crippen LogP contribution in [-0.2, 0) is 16.0 Å². The zero-order chi connectivity index (χ0) is 13.1. The molecule has 0 radical (unpaired) electrons.